The van der Waals surface area contributed by atoms with E-state index >= 15 is 0 Å². The molecule has 2 heterocycles. The number of aliphatic hydroxyl groups is 1. The molecule has 2 aliphatic rings. The van der Waals surface area contributed by atoms with Crippen LogP contribution in [0.1, 0.15) is 43.9 Å². The minimum atomic E-state index is -3.24. The Kier molecular flexibility index (Phi) is 5.42. The number of β-amino-alcohol motifs (C(OH)–C–C–N with tert-alkyl or cyclic N) is 1. The fraction of sp³-hybridized carbons (Fsp3) is 0.684. The number of hydrogen-bond acceptors (Lipinski definition) is 4. The van der Waals surface area contributed by atoms with Crippen molar-refractivity contribution in [1.29, 1.82) is 0 Å². The number of sulfonamides is 1. The Morgan fingerprint density at radius 1 is 1.24 bits per heavy atom. The molecule has 140 valence electrons. The number of rotatable bonds is 4. The van der Waals surface area contributed by atoms with E-state index in [2.05, 4.69) is 18.7 Å². The highest BCUT2D eigenvalue weighted by molar-refractivity contribution is 7.92. The van der Waals surface area contributed by atoms with Gasteiger partial charge in [-0.3, -0.25) is 9.21 Å². The highest BCUT2D eigenvalue weighted by Gasteiger charge is 2.26. The zero-order chi connectivity index (χ0) is 18.2. The summed E-state index contributed by atoms with van der Waals surface area (Å²) in [5.74, 6) is 1.34. The zero-order valence-electron chi connectivity index (χ0n) is 15.5. The Morgan fingerprint density at radius 3 is 2.56 bits per heavy atom. The van der Waals surface area contributed by atoms with Crippen LogP contribution in [-0.2, 0) is 16.4 Å². The minimum absolute atomic E-state index is 0.531. The summed E-state index contributed by atoms with van der Waals surface area (Å²) in [6.07, 6.45) is 3.66. The van der Waals surface area contributed by atoms with Gasteiger partial charge in [-0.25, -0.2) is 8.42 Å². The van der Waals surface area contributed by atoms with Crippen LogP contribution in [0.4, 0.5) is 5.69 Å². The molecule has 25 heavy (non-hydrogen) atoms. The second-order valence-corrected chi connectivity index (χ2v) is 9.91. The fourth-order valence-electron chi connectivity index (χ4n) is 4.43. The Hall–Kier alpha value is -1.11. The lowest BCUT2D eigenvalue weighted by Crippen LogP contribution is -2.40. The third-order valence-electron chi connectivity index (χ3n) is 5.34. The number of hydrogen-bond donors (Lipinski definition) is 1. The lowest BCUT2D eigenvalue weighted by molar-refractivity contribution is 0.0699. The van der Waals surface area contributed by atoms with Crippen LogP contribution in [0.5, 0.6) is 0 Å². The molecule has 1 fully saturated rings. The highest BCUT2D eigenvalue weighted by atomic mass is 32.2. The summed E-state index contributed by atoms with van der Waals surface area (Å²) in [6, 6.07) is 5.73. The third-order valence-corrected chi connectivity index (χ3v) is 6.52. The van der Waals surface area contributed by atoms with Gasteiger partial charge < -0.3 is 5.11 Å². The van der Waals surface area contributed by atoms with Crippen LogP contribution in [0.15, 0.2) is 18.2 Å². The Bertz CT molecular complexity index is 709. The average Bonchev–Trinajstić information content (AvgIpc) is 2.51. The molecule has 0 amide bonds. The number of benzene rings is 1. The monoisotopic (exact) mass is 366 g/mol. The molecule has 0 bridgehead atoms. The largest absolute Gasteiger partial charge is 0.387 e. The van der Waals surface area contributed by atoms with Crippen molar-refractivity contribution in [3.8, 4) is 0 Å². The van der Waals surface area contributed by atoms with Gasteiger partial charge in [0, 0.05) is 26.2 Å². The molecule has 0 spiro atoms. The van der Waals surface area contributed by atoms with Gasteiger partial charge in [0.25, 0.3) is 0 Å². The topological polar surface area (TPSA) is 60.9 Å². The van der Waals surface area contributed by atoms with Gasteiger partial charge in [-0.1, -0.05) is 26.0 Å². The molecule has 1 saturated heterocycles. The molecule has 0 saturated carbocycles. The molecule has 3 rings (SSSR count). The molecule has 5 nitrogen and oxygen atoms in total. The maximum Gasteiger partial charge on any atom is 0.232 e. The van der Waals surface area contributed by atoms with Gasteiger partial charge in [-0.15, -0.1) is 0 Å². The van der Waals surface area contributed by atoms with Crippen molar-refractivity contribution in [1.82, 2.24) is 4.90 Å². The van der Waals surface area contributed by atoms with Gasteiger partial charge in [0.15, 0.2) is 0 Å². The standard InChI is InChI=1S/C19H30N2O3S/c1-14-9-15(2)12-20(11-14)13-19(22)17-6-7-18-16(10-17)5-4-8-21(18)25(3,23)24/h6-7,10,14-15,19,22H,4-5,8-9,11-13H2,1-3H3. The van der Waals surface area contributed by atoms with E-state index in [4.69, 9.17) is 0 Å². The van der Waals surface area contributed by atoms with Crippen molar-refractivity contribution < 1.29 is 13.5 Å². The van der Waals surface area contributed by atoms with E-state index in [1.54, 1.807) is 0 Å². The molecule has 0 aliphatic carbocycles. The molecule has 0 radical (unpaired) electrons. The van der Waals surface area contributed by atoms with Crippen molar-refractivity contribution in [3.63, 3.8) is 0 Å². The Morgan fingerprint density at radius 2 is 1.92 bits per heavy atom. The lowest BCUT2D eigenvalue weighted by Gasteiger charge is -2.36. The number of aliphatic hydroxyl groups excluding tert-OH is 1. The maximum atomic E-state index is 12.0. The third kappa shape index (κ3) is 4.36. The van der Waals surface area contributed by atoms with Crippen molar-refractivity contribution in [2.75, 3.05) is 36.7 Å². The molecule has 0 aromatic heterocycles. The van der Waals surface area contributed by atoms with Crippen LogP contribution >= 0.6 is 0 Å². The number of piperidine rings is 1. The van der Waals surface area contributed by atoms with Crippen LogP contribution < -0.4 is 4.31 Å². The average molecular weight is 367 g/mol. The van der Waals surface area contributed by atoms with Crippen LogP contribution in [0.3, 0.4) is 0 Å². The van der Waals surface area contributed by atoms with Crippen molar-refractivity contribution in [2.24, 2.45) is 11.8 Å². The lowest BCUT2D eigenvalue weighted by atomic mass is 9.91. The van der Waals surface area contributed by atoms with Gasteiger partial charge in [0.05, 0.1) is 18.0 Å². The molecule has 1 aromatic rings. The number of anilines is 1. The van der Waals surface area contributed by atoms with Crippen molar-refractivity contribution in [3.05, 3.63) is 29.3 Å². The molecular weight excluding hydrogens is 336 g/mol. The van der Waals surface area contributed by atoms with E-state index in [1.807, 2.05) is 18.2 Å². The smallest absolute Gasteiger partial charge is 0.232 e. The fourth-order valence-corrected chi connectivity index (χ4v) is 5.42. The van der Waals surface area contributed by atoms with E-state index in [0.29, 0.717) is 24.9 Å². The SMILES string of the molecule is CC1CC(C)CN(CC(O)c2ccc3c(c2)CCCN3S(C)(=O)=O)C1. The molecular formula is C19H30N2O3S. The Labute approximate surface area is 151 Å². The van der Waals surface area contributed by atoms with Gasteiger partial charge in [-0.2, -0.15) is 0 Å². The molecule has 3 unspecified atom stereocenters. The van der Waals surface area contributed by atoms with E-state index in [1.165, 1.54) is 17.0 Å². The first-order valence-corrected chi connectivity index (χ1v) is 11.1. The van der Waals surface area contributed by atoms with E-state index in [0.717, 1.165) is 42.7 Å². The van der Waals surface area contributed by atoms with Gasteiger partial charge >= 0.3 is 0 Å². The number of nitrogens with zero attached hydrogens (tertiary/aromatic N) is 2. The van der Waals surface area contributed by atoms with Gasteiger partial charge in [-0.05, 0) is 48.3 Å². The quantitative estimate of drug-likeness (QED) is 0.889. The van der Waals surface area contributed by atoms with Crippen LogP contribution in [0, 0.1) is 11.8 Å². The number of aryl methyl sites for hydroxylation is 1. The minimum Gasteiger partial charge on any atom is -0.387 e. The first kappa shape index (κ1) is 18.7. The van der Waals surface area contributed by atoms with E-state index in [9.17, 15) is 13.5 Å². The normalized spacial score (nSPS) is 26.3. The van der Waals surface area contributed by atoms with Crippen LogP contribution in [0.25, 0.3) is 0 Å². The first-order chi connectivity index (χ1) is 11.7. The van der Waals surface area contributed by atoms with E-state index < -0.39 is 16.1 Å². The molecule has 1 N–H and O–H groups in total. The summed E-state index contributed by atoms with van der Waals surface area (Å²) in [4.78, 5) is 2.35. The summed E-state index contributed by atoms with van der Waals surface area (Å²) in [6.45, 7) is 7.80. The molecule has 1 aromatic carbocycles. The summed E-state index contributed by atoms with van der Waals surface area (Å²) < 4.78 is 25.4. The second kappa shape index (κ2) is 7.25. The van der Waals surface area contributed by atoms with Gasteiger partial charge in [0.1, 0.15) is 0 Å². The molecule has 6 heteroatoms. The summed E-state index contributed by atoms with van der Waals surface area (Å²) in [7, 11) is -3.24. The number of likely N-dealkylation sites (tertiary alicyclic amines) is 1. The first-order valence-electron chi connectivity index (χ1n) is 9.25. The van der Waals surface area contributed by atoms with Crippen molar-refractivity contribution in [2.45, 2.75) is 39.2 Å². The van der Waals surface area contributed by atoms with Crippen molar-refractivity contribution >= 4 is 15.7 Å². The van der Waals surface area contributed by atoms with E-state index in [-0.39, 0.29) is 0 Å². The predicted molar refractivity (Wildman–Crippen MR) is 101 cm³/mol. The zero-order valence-corrected chi connectivity index (χ0v) is 16.3. The summed E-state index contributed by atoms with van der Waals surface area (Å²) >= 11 is 0. The number of fused-ring (bicyclic) bond motifs is 1. The van der Waals surface area contributed by atoms with Gasteiger partial charge in [0.2, 0.25) is 10.0 Å². The van der Waals surface area contributed by atoms with Crippen LogP contribution in [0.2, 0.25) is 0 Å². The second-order valence-electron chi connectivity index (χ2n) is 8.01. The molecule has 3 atom stereocenters. The summed E-state index contributed by atoms with van der Waals surface area (Å²) in [5.41, 5.74) is 2.68. The maximum absolute atomic E-state index is 12.0. The Balaban J connectivity index is 1.75. The predicted octanol–water partition coefficient (Wildman–Crippen LogP) is 2.41. The highest BCUT2D eigenvalue weighted by Crippen LogP contribution is 2.32. The van der Waals surface area contributed by atoms with Crippen LogP contribution in [-0.4, -0.2) is 50.9 Å². The summed E-state index contributed by atoms with van der Waals surface area (Å²) in [5, 5.41) is 10.7. The molecule has 2 aliphatic heterocycles.